The molecule has 1 atom stereocenters. The Hall–Kier alpha value is -1.60. The number of benzene rings is 2. The molecule has 7 rings (SSSR count). The highest BCUT2D eigenvalue weighted by Gasteiger charge is 2.19. The highest BCUT2D eigenvalue weighted by molar-refractivity contribution is 5.15. The van der Waals surface area contributed by atoms with Crippen molar-refractivity contribution < 1.29 is 4.74 Å². The fraction of sp³-hybridized carbons (Fsp3) is 0.821. The molecule has 1 heterocycles. The lowest BCUT2D eigenvalue weighted by Crippen LogP contribution is -2.12. The third-order valence-electron chi connectivity index (χ3n) is 16.0. The number of hydrogen-bond donors (Lipinski definition) is 0. The molecule has 4 saturated carbocycles. The lowest BCUT2D eigenvalue weighted by Gasteiger charge is -2.24. The van der Waals surface area contributed by atoms with Gasteiger partial charge in [0.05, 0.1) is 6.10 Å². The van der Waals surface area contributed by atoms with Crippen molar-refractivity contribution in [3.05, 3.63) is 71.8 Å². The first kappa shape index (κ1) is 64.4. The summed E-state index contributed by atoms with van der Waals surface area (Å²) in [5, 5.41) is 0. The molecule has 5 aliphatic rings. The summed E-state index contributed by atoms with van der Waals surface area (Å²) in [5.41, 5.74) is 2.90. The van der Waals surface area contributed by atoms with Crippen molar-refractivity contribution in [2.45, 2.75) is 283 Å². The van der Waals surface area contributed by atoms with Gasteiger partial charge in [0.1, 0.15) is 0 Å². The summed E-state index contributed by atoms with van der Waals surface area (Å²) in [7, 11) is 0. The van der Waals surface area contributed by atoms with Crippen LogP contribution < -0.4 is 0 Å². The summed E-state index contributed by atoms with van der Waals surface area (Å²) in [4.78, 5) is 0. The van der Waals surface area contributed by atoms with E-state index in [9.17, 15) is 0 Å². The Morgan fingerprint density at radius 3 is 0.971 bits per heavy atom. The molecular formula is C67H122O. The molecule has 396 valence electrons. The van der Waals surface area contributed by atoms with Crippen molar-refractivity contribution in [3.8, 4) is 0 Å². The van der Waals surface area contributed by atoms with Crippen LogP contribution in [0.25, 0.3) is 0 Å². The molecule has 0 N–H and O–H groups in total. The van der Waals surface area contributed by atoms with Gasteiger partial charge in [-0.15, -0.1) is 0 Å². The third kappa shape index (κ3) is 36.3. The second kappa shape index (κ2) is 42.0. The highest BCUT2D eigenvalue weighted by atomic mass is 16.5. The quantitative estimate of drug-likeness (QED) is 0.204. The summed E-state index contributed by atoms with van der Waals surface area (Å²) in [5.74, 6) is 10.3. The molecule has 1 unspecified atom stereocenters. The van der Waals surface area contributed by atoms with E-state index in [1.807, 2.05) is 0 Å². The Bertz CT molecular complexity index is 1290. The molecule has 1 nitrogen and oxygen atoms in total. The van der Waals surface area contributed by atoms with Crippen LogP contribution in [0.1, 0.15) is 275 Å². The summed E-state index contributed by atoms with van der Waals surface area (Å²) in [6.07, 6.45) is 40.9. The first-order valence-corrected chi connectivity index (χ1v) is 30.3. The van der Waals surface area contributed by atoms with E-state index in [4.69, 9.17) is 4.74 Å². The third-order valence-corrected chi connectivity index (χ3v) is 16.0. The normalized spacial score (nSPS) is 19.8. The van der Waals surface area contributed by atoms with Crippen LogP contribution in [-0.4, -0.2) is 12.7 Å². The highest BCUT2D eigenvalue weighted by Crippen LogP contribution is 2.32. The summed E-state index contributed by atoms with van der Waals surface area (Å²) in [6.45, 7) is 33.4. The van der Waals surface area contributed by atoms with Gasteiger partial charge in [-0.3, -0.25) is 0 Å². The zero-order valence-electron chi connectivity index (χ0n) is 48.6. The molecule has 0 bridgehead atoms. The van der Waals surface area contributed by atoms with E-state index < -0.39 is 0 Å². The standard InChI is InChI=1S/C11H16.C11H22.C10H14.C10H20.C9H18.C8H16O.C8H16/c1-10(2)8-9-11-6-4-3-5-7-11;1-10(2)11-8-6-4-3-5-7-9-11;1-9(2)8-10-6-4-3-5-7-10;1-9(2)10-7-5-3-4-6-8-10;1-8(2)9-6-4-3-5-7-9;1-7(2)6-8-4-3-5-9-8;1-7(2)8-5-3-4-6-8/h3-7,10H,8-9H2,1-2H3;10-11H,3-9H2,1-2H3;3-7,9H,8H2,1-2H3;9-10H,3-8H2,1-2H3;8-9H,3-7H2,1-2H3;7-8H,3-6H2,1-2H3;7-8H,3-6H2,1-2H3. The Morgan fingerprint density at radius 1 is 0.353 bits per heavy atom. The first-order chi connectivity index (χ1) is 32.6. The molecule has 0 aromatic heterocycles. The molecule has 5 fully saturated rings. The topological polar surface area (TPSA) is 9.23 Å². The average Bonchev–Trinajstić information content (AvgIpc) is 3.97. The lowest BCUT2D eigenvalue weighted by atomic mass is 9.82. The fourth-order valence-corrected chi connectivity index (χ4v) is 11.1. The molecule has 0 amide bonds. The van der Waals surface area contributed by atoms with Crippen LogP contribution in [0.4, 0.5) is 0 Å². The van der Waals surface area contributed by atoms with Crippen LogP contribution in [0.2, 0.25) is 0 Å². The van der Waals surface area contributed by atoms with Gasteiger partial charge in [-0.1, -0.05) is 299 Å². The number of rotatable bonds is 11. The second-order valence-electron chi connectivity index (χ2n) is 25.0. The van der Waals surface area contributed by atoms with Crippen LogP contribution in [-0.2, 0) is 17.6 Å². The molecule has 0 radical (unpaired) electrons. The molecule has 4 aliphatic carbocycles. The summed E-state index contributed by atoms with van der Waals surface area (Å²) < 4.78 is 5.46. The molecule has 68 heavy (non-hydrogen) atoms. The predicted molar refractivity (Wildman–Crippen MR) is 308 cm³/mol. The number of aryl methyl sites for hydroxylation is 1. The molecule has 2 aromatic rings. The monoisotopic (exact) mass is 943 g/mol. The Labute approximate surface area is 429 Å². The van der Waals surface area contributed by atoms with Gasteiger partial charge in [0.15, 0.2) is 0 Å². The molecule has 1 saturated heterocycles. The minimum atomic E-state index is 0.588. The van der Waals surface area contributed by atoms with E-state index in [1.54, 1.807) is 0 Å². The van der Waals surface area contributed by atoms with Gasteiger partial charge < -0.3 is 4.74 Å². The molecule has 2 aromatic carbocycles. The maximum atomic E-state index is 5.46. The Kier molecular flexibility index (Phi) is 39.7. The number of ether oxygens (including phenoxy) is 1. The Morgan fingerprint density at radius 2 is 0.676 bits per heavy atom. The van der Waals surface area contributed by atoms with E-state index in [0.717, 1.165) is 71.7 Å². The van der Waals surface area contributed by atoms with Gasteiger partial charge in [-0.25, -0.2) is 0 Å². The fourth-order valence-electron chi connectivity index (χ4n) is 11.1. The van der Waals surface area contributed by atoms with Crippen LogP contribution in [0.15, 0.2) is 60.7 Å². The van der Waals surface area contributed by atoms with Crippen LogP contribution >= 0.6 is 0 Å². The van der Waals surface area contributed by atoms with Crippen molar-refractivity contribution in [2.24, 2.45) is 65.1 Å². The molecule has 0 spiro atoms. The van der Waals surface area contributed by atoms with Crippen molar-refractivity contribution in [1.82, 2.24) is 0 Å². The van der Waals surface area contributed by atoms with E-state index in [-0.39, 0.29) is 0 Å². The Balaban J connectivity index is 0.000000398. The van der Waals surface area contributed by atoms with E-state index >= 15 is 0 Å². The first-order valence-electron chi connectivity index (χ1n) is 30.3. The zero-order valence-corrected chi connectivity index (χ0v) is 48.6. The van der Waals surface area contributed by atoms with Gasteiger partial charge in [0.25, 0.3) is 0 Å². The maximum absolute atomic E-state index is 5.46. The van der Waals surface area contributed by atoms with Gasteiger partial charge in [0.2, 0.25) is 0 Å². The van der Waals surface area contributed by atoms with Gasteiger partial charge in [0, 0.05) is 6.61 Å². The molecule has 1 aliphatic heterocycles. The average molecular weight is 944 g/mol. The number of hydrogen-bond acceptors (Lipinski definition) is 1. The van der Waals surface area contributed by atoms with E-state index in [1.165, 1.54) is 191 Å². The van der Waals surface area contributed by atoms with Crippen molar-refractivity contribution in [1.29, 1.82) is 0 Å². The van der Waals surface area contributed by atoms with Crippen LogP contribution in [0, 0.1) is 65.1 Å². The van der Waals surface area contributed by atoms with E-state index in [2.05, 4.69) is 158 Å². The summed E-state index contributed by atoms with van der Waals surface area (Å²) in [6, 6.07) is 21.3. The summed E-state index contributed by atoms with van der Waals surface area (Å²) >= 11 is 0. The van der Waals surface area contributed by atoms with Crippen LogP contribution in [0.3, 0.4) is 0 Å². The van der Waals surface area contributed by atoms with Gasteiger partial charge in [-0.05, 0) is 115 Å². The predicted octanol–water partition coefficient (Wildman–Crippen LogP) is 22.0. The van der Waals surface area contributed by atoms with Crippen LogP contribution in [0.5, 0.6) is 0 Å². The minimum Gasteiger partial charge on any atom is -0.378 e. The SMILES string of the molecule is CC(C)C1CCCC1.CC(C)C1CCCCC1.CC(C)C1CCCCCC1.CC(C)C1CCCCCCC1.CC(C)CC1CCCO1.CC(C)CCc1ccccc1.CC(C)Cc1ccccc1. The van der Waals surface area contributed by atoms with Crippen molar-refractivity contribution >= 4 is 0 Å². The van der Waals surface area contributed by atoms with Gasteiger partial charge >= 0.3 is 0 Å². The maximum Gasteiger partial charge on any atom is 0.0578 e. The van der Waals surface area contributed by atoms with E-state index in [0.29, 0.717) is 6.10 Å². The second-order valence-corrected chi connectivity index (χ2v) is 25.0. The van der Waals surface area contributed by atoms with Gasteiger partial charge in [-0.2, -0.15) is 0 Å². The molecule has 1 heteroatoms. The largest absolute Gasteiger partial charge is 0.378 e. The smallest absolute Gasteiger partial charge is 0.0578 e. The lowest BCUT2D eigenvalue weighted by molar-refractivity contribution is 0.0939. The van der Waals surface area contributed by atoms with Crippen molar-refractivity contribution in [2.75, 3.05) is 6.61 Å². The zero-order chi connectivity index (χ0) is 50.4. The van der Waals surface area contributed by atoms with Crippen molar-refractivity contribution in [3.63, 3.8) is 0 Å². The minimum absolute atomic E-state index is 0.588. The molecular weight excluding hydrogens is 821 g/mol.